The standard InChI is InChI=1S/C16H9Cl2N3O3S/c17-12-4-2-1-3-11(12)14-13(15(18)20-25-14)16(22)19-9-5-7-10(8-6-9)21(23)24/h1-8H,(H,19,22). The van der Waals surface area contributed by atoms with E-state index >= 15 is 0 Å². The van der Waals surface area contributed by atoms with Gasteiger partial charge < -0.3 is 5.32 Å². The van der Waals surface area contributed by atoms with Gasteiger partial charge in [0.2, 0.25) is 0 Å². The molecule has 2 aromatic carbocycles. The molecule has 0 aliphatic carbocycles. The molecule has 0 fully saturated rings. The average Bonchev–Trinajstić information content (AvgIpc) is 2.97. The summed E-state index contributed by atoms with van der Waals surface area (Å²) in [5.41, 5.74) is 1.20. The van der Waals surface area contributed by atoms with Crippen molar-refractivity contribution in [3.8, 4) is 10.4 Å². The largest absolute Gasteiger partial charge is 0.322 e. The molecule has 126 valence electrons. The summed E-state index contributed by atoms with van der Waals surface area (Å²) in [6, 6.07) is 12.6. The highest BCUT2D eigenvalue weighted by atomic mass is 35.5. The predicted octanol–water partition coefficient (Wildman–Crippen LogP) is 5.28. The number of nitrogens with zero attached hydrogens (tertiary/aromatic N) is 2. The third kappa shape index (κ3) is 3.63. The van der Waals surface area contributed by atoms with Gasteiger partial charge in [-0.25, -0.2) is 0 Å². The van der Waals surface area contributed by atoms with E-state index in [1.165, 1.54) is 24.3 Å². The van der Waals surface area contributed by atoms with Crippen molar-refractivity contribution >= 4 is 52.0 Å². The second-order valence-electron chi connectivity index (χ2n) is 4.92. The van der Waals surface area contributed by atoms with Crippen molar-refractivity contribution in [3.05, 3.63) is 74.4 Å². The number of anilines is 1. The number of halogens is 2. The summed E-state index contributed by atoms with van der Waals surface area (Å²) in [6.07, 6.45) is 0. The first-order valence-electron chi connectivity index (χ1n) is 6.93. The number of aromatic nitrogens is 1. The van der Waals surface area contributed by atoms with Crippen LogP contribution < -0.4 is 5.32 Å². The molecule has 0 atom stereocenters. The van der Waals surface area contributed by atoms with Gasteiger partial charge in [0.25, 0.3) is 11.6 Å². The first-order chi connectivity index (χ1) is 12.0. The van der Waals surface area contributed by atoms with E-state index in [9.17, 15) is 14.9 Å². The third-order valence-corrected chi connectivity index (χ3v) is 4.92. The maximum absolute atomic E-state index is 12.6. The number of hydrogen-bond acceptors (Lipinski definition) is 5. The van der Waals surface area contributed by atoms with Crippen LogP contribution in [-0.4, -0.2) is 15.2 Å². The van der Waals surface area contributed by atoms with Gasteiger partial charge in [0.1, 0.15) is 0 Å². The molecule has 0 bridgehead atoms. The minimum atomic E-state index is -0.513. The number of nitrogens with one attached hydrogen (secondary N) is 1. The summed E-state index contributed by atoms with van der Waals surface area (Å²) < 4.78 is 4.03. The molecule has 1 amide bonds. The first-order valence-corrected chi connectivity index (χ1v) is 8.46. The zero-order chi connectivity index (χ0) is 18.0. The highest BCUT2D eigenvalue weighted by Gasteiger charge is 2.22. The van der Waals surface area contributed by atoms with Crippen molar-refractivity contribution in [2.45, 2.75) is 0 Å². The lowest BCUT2D eigenvalue weighted by Crippen LogP contribution is -2.12. The van der Waals surface area contributed by atoms with Crippen LogP contribution in [-0.2, 0) is 0 Å². The Balaban J connectivity index is 1.92. The second-order valence-corrected chi connectivity index (χ2v) is 6.45. The number of benzene rings is 2. The topological polar surface area (TPSA) is 85.1 Å². The smallest absolute Gasteiger partial charge is 0.269 e. The molecular weight excluding hydrogens is 385 g/mol. The fourth-order valence-electron chi connectivity index (χ4n) is 2.16. The van der Waals surface area contributed by atoms with Gasteiger partial charge in [-0.1, -0.05) is 41.4 Å². The Bertz CT molecular complexity index is 958. The lowest BCUT2D eigenvalue weighted by Gasteiger charge is -2.07. The van der Waals surface area contributed by atoms with Crippen LogP contribution >= 0.6 is 34.7 Å². The second kappa shape index (κ2) is 7.18. The first kappa shape index (κ1) is 17.3. The summed E-state index contributed by atoms with van der Waals surface area (Å²) in [4.78, 5) is 23.3. The van der Waals surface area contributed by atoms with Crippen molar-refractivity contribution in [3.63, 3.8) is 0 Å². The van der Waals surface area contributed by atoms with Gasteiger partial charge in [0.15, 0.2) is 5.15 Å². The molecule has 0 aliphatic heterocycles. The Morgan fingerprint density at radius 3 is 2.44 bits per heavy atom. The zero-order valence-electron chi connectivity index (χ0n) is 12.4. The summed E-state index contributed by atoms with van der Waals surface area (Å²) in [7, 11) is 0. The van der Waals surface area contributed by atoms with Crippen LogP contribution in [0.1, 0.15) is 10.4 Å². The van der Waals surface area contributed by atoms with Gasteiger partial charge in [0.05, 0.1) is 15.4 Å². The van der Waals surface area contributed by atoms with Gasteiger partial charge in [0, 0.05) is 28.4 Å². The molecular formula is C16H9Cl2N3O3S. The molecule has 0 radical (unpaired) electrons. The van der Waals surface area contributed by atoms with Crippen molar-refractivity contribution in [2.24, 2.45) is 0 Å². The summed E-state index contributed by atoms with van der Waals surface area (Å²) in [6.45, 7) is 0. The lowest BCUT2D eigenvalue weighted by molar-refractivity contribution is -0.384. The lowest BCUT2D eigenvalue weighted by atomic mass is 10.1. The normalized spacial score (nSPS) is 10.5. The van der Waals surface area contributed by atoms with Crippen LogP contribution in [0.3, 0.4) is 0 Å². The van der Waals surface area contributed by atoms with Gasteiger partial charge in [-0.15, -0.1) is 0 Å². The molecule has 3 rings (SSSR count). The Hall–Kier alpha value is -2.48. The van der Waals surface area contributed by atoms with Crippen molar-refractivity contribution in [1.29, 1.82) is 0 Å². The molecule has 0 spiro atoms. The van der Waals surface area contributed by atoms with Gasteiger partial charge in [-0.3, -0.25) is 14.9 Å². The number of hydrogen-bond donors (Lipinski definition) is 1. The molecule has 3 aromatic rings. The summed E-state index contributed by atoms with van der Waals surface area (Å²) in [5.74, 6) is -0.470. The predicted molar refractivity (Wildman–Crippen MR) is 98.6 cm³/mol. The summed E-state index contributed by atoms with van der Waals surface area (Å²) in [5, 5.41) is 13.9. The molecule has 0 aliphatic rings. The monoisotopic (exact) mass is 393 g/mol. The summed E-state index contributed by atoms with van der Waals surface area (Å²) >= 11 is 13.3. The number of carbonyl (C=O) groups is 1. The van der Waals surface area contributed by atoms with Crippen molar-refractivity contribution < 1.29 is 9.72 Å². The Morgan fingerprint density at radius 2 is 1.80 bits per heavy atom. The van der Waals surface area contributed by atoms with Crippen LogP contribution in [0, 0.1) is 10.1 Å². The SMILES string of the molecule is O=C(Nc1ccc([N+](=O)[O-])cc1)c1c(Cl)nsc1-c1ccccc1Cl. The Kier molecular flexibility index (Phi) is 4.98. The van der Waals surface area contributed by atoms with E-state index in [0.29, 0.717) is 21.2 Å². The number of rotatable bonds is 4. The quantitative estimate of drug-likeness (QED) is 0.482. The van der Waals surface area contributed by atoms with Crippen molar-refractivity contribution in [1.82, 2.24) is 4.37 Å². The molecule has 25 heavy (non-hydrogen) atoms. The highest BCUT2D eigenvalue weighted by molar-refractivity contribution is 7.10. The van der Waals surface area contributed by atoms with E-state index in [1.807, 2.05) is 0 Å². The fourth-order valence-corrected chi connectivity index (χ4v) is 3.60. The van der Waals surface area contributed by atoms with Crippen LogP contribution in [0.2, 0.25) is 10.2 Å². The molecule has 1 aromatic heterocycles. The Morgan fingerprint density at radius 1 is 1.12 bits per heavy atom. The number of carbonyl (C=O) groups excluding carboxylic acids is 1. The zero-order valence-corrected chi connectivity index (χ0v) is 14.7. The fraction of sp³-hybridized carbons (Fsp3) is 0. The van der Waals surface area contributed by atoms with E-state index in [4.69, 9.17) is 23.2 Å². The highest BCUT2D eigenvalue weighted by Crippen LogP contribution is 2.37. The molecule has 6 nitrogen and oxygen atoms in total. The van der Waals surface area contributed by atoms with Gasteiger partial charge >= 0.3 is 0 Å². The van der Waals surface area contributed by atoms with Gasteiger partial charge in [-0.2, -0.15) is 4.37 Å². The van der Waals surface area contributed by atoms with E-state index in [1.54, 1.807) is 24.3 Å². The van der Waals surface area contributed by atoms with E-state index in [2.05, 4.69) is 9.69 Å². The molecule has 0 saturated carbocycles. The minimum absolute atomic E-state index is 0.0648. The number of non-ortho nitro benzene ring substituents is 1. The van der Waals surface area contributed by atoms with Gasteiger partial charge in [-0.05, 0) is 29.7 Å². The van der Waals surface area contributed by atoms with E-state index < -0.39 is 10.8 Å². The molecule has 9 heteroatoms. The molecule has 0 saturated heterocycles. The van der Waals surface area contributed by atoms with E-state index in [0.717, 1.165) is 11.5 Å². The van der Waals surface area contributed by atoms with Crippen LogP contribution in [0.5, 0.6) is 0 Å². The minimum Gasteiger partial charge on any atom is -0.322 e. The van der Waals surface area contributed by atoms with Crippen LogP contribution in [0.15, 0.2) is 48.5 Å². The number of nitro groups is 1. The average molecular weight is 394 g/mol. The number of nitro benzene ring substituents is 1. The maximum Gasteiger partial charge on any atom is 0.269 e. The maximum atomic E-state index is 12.6. The third-order valence-electron chi connectivity index (χ3n) is 3.33. The molecule has 1 N–H and O–H groups in total. The van der Waals surface area contributed by atoms with Crippen molar-refractivity contribution in [2.75, 3.05) is 5.32 Å². The Labute approximate surface area is 156 Å². The van der Waals surface area contributed by atoms with E-state index in [-0.39, 0.29) is 16.4 Å². The number of amides is 1. The molecule has 0 unspecified atom stereocenters. The van der Waals surface area contributed by atoms with Crippen LogP contribution in [0.25, 0.3) is 10.4 Å². The van der Waals surface area contributed by atoms with Crippen LogP contribution in [0.4, 0.5) is 11.4 Å². The molecule has 1 heterocycles.